The quantitative estimate of drug-likeness (QED) is 0.266. The molecule has 0 radical (unpaired) electrons. The summed E-state index contributed by atoms with van der Waals surface area (Å²) >= 11 is 4.64. The fraction of sp³-hybridized carbons (Fsp3) is 0.560. The minimum Gasteiger partial charge on any atom is -0.496 e. The number of aliphatic carboxylic acids is 1. The summed E-state index contributed by atoms with van der Waals surface area (Å²) < 4.78 is 66.1. The lowest BCUT2D eigenvalue weighted by molar-refractivity contribution is -0.151. The van der Waals surface area contributed by atoms with Gasteiger partial charge in [0.2, 0.25) is 0 Å². The van der Waals surface area contributed by atoms with Crippen molar-refractivity contribution in [2.45, 2.75) is 58.3 Å². The summed E-state index contributed by atoms with van der Waals surface area (Å²) in [6.45, 7) is 2.87. The second-order valence-corrected chi connectivity index (χ2v) is 11.2. The summed E-state index contributed by atoms with van der Waals surface area (Å²) in [6, 6.07) is 2.53. The first-order valence-electron chi connectivity index (χ1n) is 12.6. The van der Waals surface area contributed by atoms with Gasteiger partial charge in [-0.2, -0.15) is 18.3 Å². The molecule has 1 aliphatic rings. The zero-order valence-electron chi connectivity index (χ0n) is 22.2. The van der Waals surface area contributed by atoms with Crippen molar-refractivity contribution in [1.82, 2.24) is 15.1 Å². The number of methoxy groups -OCH3 is 1. The Morgan fingerprint density at radius 2 is 1.98 bits per heavy atom. The lowest BCUT2D eigenvalue weighted by atomic mass is 9.70. The Morgan fingerprint density at radius 1 is 1.32 bits per heavy atom. The minimum atomic E-state index is -4.45. The number of aromatic nitrogens is 2. The van der Waals surface area contributed by atoms with Crippen molar-refractivity contribution in [2.75, 3.05) is 24.7 Å². The maximum absolute atomic E-state index is 13.1. The molecule has 0 saturated heterocycles. The fourth-order valence-electron chi connectivity index (χ4n) is 4.78. The van der Waals surface area contributed by atoms with Crippen molar-refractivity contribution in [3.05, 3.63) is 28.9 Å². The average Bonchev–Trinajstić information content (AvgIpc) is 3.23. The number of carbonyl (C=O) groups is 2. The van der Waals surface area contributed by atoms with Crippen LogP contribution >= 0.6 is 11.6 Å². The highest BCUT2D eigenvalue weighted by atomic mass is 35.5. The van der Waals surface area contributed by atoms with Gasteiger partial charge in [-0.1, -0.05) is 11.6 Å². The van der Waals surface area contributed by atoms with Crippen LogP contribution in [0.5, 0.6) is 5.75 Å². The van der Waals surface area contributed by atoms with E-state index in [0.717, 1.165) is 6.92 Å². The molecule has 0 aliphatic heterocycles. The van der Waals surface area contributed by atoms with Crippen molar-refractivity contribution in [2.24, 2.45) is 11.3 Å². The van der Waals surface area contributed by atoms with Gasteiger partial charge < -0.3 is 25.0 Å². The monoisotopic (exact) mass is 608 g/mol. The van der Waals surface area contributed by atoms with E-state index in [0.29, 0.717) is 30.6 Å². The van der Waals surface area contributed by atoms with Crippen LogP contribution in [0.1, 0.15) is 50.0 Å². The van der Waals surface area contributed by atoms with Crippen LogP contribution in [0.3, 0.4) is 0 Å². The van der Waals surface area contributed by atoms with Gasteiger partial charge in [-0.05, 0) is 57.6 Å². The number of hydrogen-bond acceptors (Lipinski definition) is 6. The summed E-state index contributed by atoms with van der Waals surface area (Å²) in [5.74, 6) is -1.54. The molecular weight excluding hydrogens is 577 g/mol. The lowest BCUT2D eigenvalue weighted by Gasteiger charge is -2.36. The van der Waals surface area contributed by atoms with Crippen LogP contribution in [0.4, 0.5) is 18.9 Å². The summed E-state index contributed by atoms with van der Waals surface area (Å²) in [6.07, 6.45) is -3.10. The molecule has 4 N–H and O–H groups in total. The smallest absolute Gasteiger partial charge is 0.408 e. The number of nitrogens with zero attached hydrogens (tertiary/aromatic N) is 2. The van der Waals surface area contributed by atoms with Gasteiger partial charge in [0.15, 0.2) is 16.8 Å². The SMILES string of the molecule is CCn1nc(C(=O)NCC2(C(=O)O)CCC(CS(=O)O)CC2)c(Cl)c1-c1ccc(N[C@H](C)C(F)(F)F)cc1OC. The van der Waals surface area contributed by atoms with E-state index in [4.69, 9.17) is 20.9 Å². The molecule has 0 bridgehead atoms. The normalized spacial score (nSPS) is 20.9. The molecule has 1 saturated carbocycles. The molecular formula is C25H32ClF3N4O6S. The zero-order valence-corrected chi connectivity index (χ0v) is 23.8. The number of aryl methyl sites for hydroxylation is 1. The summed E-state index contributed by atoms with van der Waals surface area (Å²) in [7, 11) is 1.35. The number of carboxylic acids is 1. The first-order valence-corrected chi connectivity index (χ1v) is 14.2. The molecule has 1 aliphatic carbocycles. The van der Waals surface area contributed by atoms with Crippen LogP contribution in [0.15, 0.2) is 18.2 Å². The number of ether oxygens (including phenoxy) is 1. The number of anilines is 1. The standard InChI is InChI=1S/C25H32ClF3N4O6S/c1-4-33-21(17-6-5-16(11-18(17)39-3)31-14(2)25(27,28)29)19(26)20(32-33)22(34)30-13-24(23(35)36)9-7-15(8-10-24)12-40(37)38/h5-6,11,14-15,31H,4,7-10,12-13H2,1-3H3,(H,30,34)(H,35,36)(H,37,38)/t14-,15?,24?/m1/s1. The molecule has 1 heterocycles. The number of nitrogens with one attached hydrogen (secondary N) is 2. The molecule has 1 aromatic carbocycles. The predicted molar refractivity (Wildman–Crippen MR) is 144 cm³/mol. The molecule has 1 aromatic heterocycles. The number of alkyl halides is 3. The van der Waals surface area contributed by atoms with Crippen molar-refractivity contribution >= 4 is 40.2 Å². The molecule has 15 heteroatoms. The second-order valence-electron chi connectivity index (χ2n) is 9.85. The maximum atomic E-state index is 13.1. The van der Waals surface area contributed by atoms with E-state index in [9.17, 15) is 32.1 Å². The molecule has 1 unspecified atom stereocenters. The molecule has 3 rings (SSSR count). The number of amides is 1. The number of benzene rings is 1. The van der Waals surface area contributed by atoms with Crippen LogP contribution in [-0.2, 0) is 22.4 Å². The summed E-state index contributed by atoms with van der Waals surface area (Å²) in [5, 5.41) is 19.2. The van der Waals surface area contributed by atoms with Gasteiger partial charge in [-0.25, -0.2) is 4.21 Å². The van der Waals surface area contributed by atoms with Crippen LogP contribution < -0.4 is 15.4 Å². The van der Waals surface area contributed by atoms with Crippen molar-refractivity contribution < 1.29 is 41.4 Å². The Morgan fingerprint density at radius 3 is 2.50 bits per heavy atom. The highest BCUT2D eigenvalue weighted by molar-refractivity contribution is 7.79. The number of halogens is 4. The third-order valence-electron chi connectivity index (χ3n) is 7.22. The Balaban J connectivity index is 1.83. The Kier molecular flexibility index (Phi) is 10.1. The van der Waals surface area contributed by atoms with Crippen molar-refractivity contribution in [1.29, 1.82) is 0 Å². The molecule has 1 fully saturated rings. The van der Waals surface area contributed by atoms with Crippen LogP contribution in [0.2, 0.25) is 5.02 Å². The predicted octanol–water partition coefficient (Wildman–Crippen LogP) is 4.81. The van der Waals surface area contributed by atoms with Gasteiger partial charge >= 0.3 is 12.1 Å². The second kappa shape index (κ2) is 12.8. The third-order valence-corrected chi connectivity index (χ3v) is 8.34. The van der Waals surface area contributed by atoms with Gasteiger partial charge in [0.05, 0.1) is 29.0 Å². The van der Waals surface area contributed by atoms with E-state index in [1.54, 1.807) is 6.92 Å². The topological polar surface area (TPSA) is 143 Å². The van der Waals surface area contributed by atoms with Crippen LogP contribution in [0.25, 0.3) is 11.3 Å². The maximum Gasteiger partial charge on any atom is 0.408 e. The van der Waals surface area contributed by atoms with Crippen LogP contribution in [-0.4, -0.2) is 67.2 Å². The van der Waals surface area contributed by atoms with Gasteiger partial charge in [0.1, 0.15) is 11.8 Å². The van der Waals surface area contributed by atoms with Gasteiger partial charge in [-0.15, -0.1) is 0 Å². The third kappa shape index (κ3) is 7.07. The Labute approximate surface area is 236 Å². The minimum absolute atomic E-state index is 0.0273. The zero-order chi connectivity index (χ0) is 29.8. The van der Waals surface area contributed by atoms with Crippen LogP contribution in [0, 0.1) is 11.3 Å². The highest BCUT2D eigenvalue weighted by Crippen LogP contribution is 2.41. The van der Waals surface area contributed by atoms with E-state index < -0.39 is 40.6 Å². The van der Waals surface area contributed by atoms with Crippen molar-refractivity contribution in [3.8, 4) is 17.0 Å². The van der Waals surface area contributed by atoms with E-state index in [-0.39, 0.29) is 53.2 Å². The molecule has 2 atom stereocenters. The Hall–Kier alpha value is -2.84. The van der Waals surface area contributed by atoms with Gasteiger partial charge in [-0.3, -0.25) is 14.3 Å². The summed E-state index contributed by atoms with van der Waals surface area (Å²) in [4.78, 5) is 25.3. The first kappa shape index (κ1) is 31.7. The largest absolute Gasteiger partial charge is 0.496 e. The van der Waals surface area contributed by atoms with E-state index in [2.05, 4.69) is 15.7 Å². The van der Waals surface area contributed by atoms with E-state index >= 15 is 0 Å². The van der Waals surface area contributed by atoms with Crippen molar-refractivity contribution in [3.63, 3.8) is 0 Å². The molecule has 1 amide bonds. The van der Waals surface area contributed by atoms with Gasteiger partial charge in [0, 0.05) is 30.4 Å². The molecule has 10 nitrogen and oxygen atoms in total. The van der Waals surface area contributed by atoms with Gasteiger partial charge in [0.25, 0.3) is 5.91 Å². The molecule has 40 heavy (non-hydrogen) atoms. The number of hydrogen-bond donors (Lipinski definition) is 4. The lowest BCUT2D eigenvalue weighted by Crippen LogP contribution is -2.46. The molecule has 2 aromatic rings. The van der Waals surface area contributed by atoms with E-state index in [1.165, 1.54) is 30.0 Å². The number of carbonyl (C=O) groups excluding carboxylic acids is 1. The average molecular weight is 609 g/mol. The summed E-state index contributed by atoms with van der Waals surface area (Å²) in [5.41, 5.74) is -0.496. The first-order chi connectivity index (χ1) is 18.7. The number of carboxylic acid groups (broad SMARTS) is 1. The molecule has 0 spiro atoms. The fourth-order valence-corrected chi connectivity index (χ4v) is 5.84. The number of rotatable bonds is 11. The van der Waals surface area contributed by atoms with E-state index in [1.807, 2.05) is 0 Å². The molecule has 222 valence electrons. The Bertz CT molecular complexity index is 1260. The highest BCUT2D eigenvalue weighted by Gasteiger charge is 2.43.